The van der Waals surface area contributed by atoms with Gasteiger partial charge in [-0.3, -0.25) is 11.1 Å². The van der Waals surface area contributed by atoms with Crippen LogP contribution in [0.2, 0.25) is 0 Å². The molecule has 5 N–H and O–H groups in total. The maximum atomic E-state index is 11.7. The molecule has 1 rings (SSSR count). The van der Waals surface area contributed by atoms with Crippen molar-refractivity contribution in [2.45, 2.75) is 26.2 Å². The molecule has 5 nitrogen and oxygen atoms in total. The normalized spacial score (nSPS) is 18.9. The molecular weight excluding hydrogens is 242 g/mol. The van der Waals surface area contributed by atoms with Gasteiger partial charge < -0.3 is 10.5 Å². The number of amidine groups is 1. The highest BCUT2D eigenvalue weighted by molar-refractivity contribution is 5.93. The molecular formula is C14H21N3O2. The Labute approximate surface area is 113 Å². The Hall–Kier alpha value is -1.88. The van der Waals surface area contributed by atoms with E-state index in [2.05, 4.69) is 6.58 Å². The zero-order valence-electron chi connectivity index (χ0n) is 11.2. The van der Waals surface area contributed by atoms with Crippen LogP contribution < -0.4 is 11.5 Å². The van der Waals surface area contributed by atoms with Gasteiger partial charge in [0, 0.05) is 6.42 Å². The number of carbonyl (C=O) groups is 1. The Kier molecular flexibility index (Phi) is 5.51. The molecule has 0 saturated carbocycles. The van der Waals surface area contributed by atoms with Crippen LogP contribution in [-0.4, -0.2) is 18.5 Å². The Bertz CT molecular complexity index is 450. The van der Waals surface area contributed by atoms with E-state index >= 15 is 0 Å². The van der Waals surface area contributed by atoms with E-state index in [1.165, 1.54) is 0 Å². The minimum atomic E-state index is -0.483. The Balaban J connectivity index is 2.87. The highest BCUT2D eigenvalue weighted by atomic mass is 16.5. The average Bonchev–Trinajstić information content (AvgIpc) is 2.71. The number of esters is 1. The van der Waals surface area contributed by atoms with E-state index < -0.39 is 5.97 Å². The lowest BCUT2D eigenvalue weighted by Crippen LogP contribution is -2.16. The first-order chi connectivity index (χ1) is 8.99. The fraction of sp³-hybridized carbons (Fsp3) is 0.429. The maximum Gasteiger partial charge on any atom is 0.339 e. The van der Waals surface area contributed by atoms with E-state index in [9.17, 15) is 4.79 Å². The molecule has 5 heteroatoms. The number of ether oxygens (including phenoxy) is 1. The third kappa shape index (κ3) is 4.06. The summed E-state index contributed by atoms with van der Waals surface area (Å²) in [5.74, 6) is -0.0645. The van der Waals surface area contributed by atoms with Crippen molar-refractivity contribution in [2.75, 3.05) is 6.73 Å². The van der Waals surface area contributed by atoms with Gasteiger partial charge in [-0.25, -0.2) is 4.79 Å². The third-order valence-corrected chi connectivity index (χ3v) is 3.09. The molecule has 19 heavy (non-hydrogen) atoms. The summed E-state index contributed by atoms with van der Waals surface area (Å²) in [4.78, 5) is 11.7. The molecule has 0 saturated heterocycles. The smallest absolute Gasteiger partial charge is 0.339 e. The molecule has 1 aliphatic carbocycles. The highest BCUT2D eigenvalue weighted by Gasteiger charge is 2.27. The Morgan fingerprint density at radius 2 is 2.26 bits per heavy atom. The van der Waals surface area contributed by atoms with Crippen LogP contribution in [0.15, 0.2) is 35.5 Å². The molecule has 1 aliphatic rings. The van der Waals surface area contributed by atoms with Gasteiger partial charge in [-0.1, -0.05) is 18.7 Å². The lowest BCUT2D eigenvalue weighted by atomic mass is 9.98. The second kappa shape index (κ2) is 6.89. The molecule has 0 aromatic rings. The predicted molar refractivity (Wildman–Crippen MR) is 75.4 cm³/mol. The van der Waals surface area contributed by atoms with Crippen LogP contribution in [0.5, 0.6) is 0 Å². The van der Waals surface area contributed by atoms with Crippen molar-refractivity contribution in [1.82, 2.24) is 0 Å². The second-order valence-electron chi connectivity index (χ2n) is 4.58. The van der Waals surface area contributed by atoms with Crippen LogP contribution in [-0.2, 0) is 9.53 Å². The van der Waals surface area contributed by atoms with E-state index in [-0.39, 0.29) is 18.5 Å². The fourth-order valence-electron chi connectivity index (χ4n) is 2.35. The SMILES string of the molecule is C=C(C(=O)OCN)C1=C(/C=C\C)CC(CC(=N)N)C1. The summed E-state index contributed by atoms with van der Waals surface area (Å²) in [6, 6.07) is 0. The van der Waals surface area contributed by atoms with Gasteiger partial charge in [-0.2, -0.15) is 0 Å². The van der Waals surface area contributed by atoms with E-state index in [4.69, 9.17) is 21.6 Å². The van der Waals surface area contributed by atoms with Gasteiger partial charge in [0.05, 0.1) is 11.4 Å². The van der Waals surface area contributed by atoms with Crippen LogP contribution in [0.3, 0.4) is 0 Å². The van der Waals surface area contributed by atoms with Gasteiger partial charge in [-0.05, 0) is 36.8 Å². The molecule has 0 fully saturated rings. The highest BCUT2D eigenvalue weighted by Crippen LogP contribution is 2.37. The second-order valence-corrected chi connectivity index (χ2v) is 4.58. The average molecular weight is 263 g/mol. The van der Waals surface area contributed by atoms with Crippen molar-refractivity contribution in [3.63, 3.8) is 0 Å². The summed E-state index contributed by atoms with van der Waals surface area (Å²) >= 11 is 0. The van der Waals surface area contributed by atoms with E-state index in [1.54, 1.807) is 0 Å². The molecule has 0 radical (unpaired) electrons. The van der Waals surface area contributed by atoms with E-state index in [1.807, 2.05) is 19.1 Å². The van der Waals surface area contributed by atoms with Gasteiger partial charge in [0.2, 0.25) is 0 Å². The van der Waals surface area contributed by atoms with Gasteiger partial charge in [0.25, 0.3) is 0 Å². The lowest BCUT2D eigenvalue weighted by molar-refractivity contribution is -0.138. The topological polar surface area (TPSA) is 102 Å². The van der Waals surface area contributed by atoms with Crippen LogP contribution in [0, 0.1) is 11.3 Å². The third-order valence-electron chi connectivity index (χ3n) is 3.09. The van der Waals surface area contributed by atoms with E-state index in [0.717, 1.165) is 17.6 Å². The first kappa shape index (κ1) is 15.2. The van der Waals surface area contributed by atoms with Crippen LogP contribution in [0.4, 0.5) is 0 Å². The molecule has 0 amide bonds. The zero-order valence-corrected chi connectivity index (χ0v) is 11.2. The first-order valence-corrected chi connectivity index (χ1v) is 6.23. The van der Waals surface area contributed by atoms with Crippen molar-refractivity contribution in [3.05, 3.63) is 35.5 Å². The Morgan fingerprint density at radius 1 is 1.58 bits per heavy atom. The minimum absolute atomic E-state index is 0.152. The van der Waals surface area contributed by atoms with Gasteiger partial charge in [0.15, 0.2) is 0 Å². The molecule has 104 valence electrons. The van der Waals surface area contributed by atoms with Crippen molar-refractivity contribution in [3.8, 4) is 0 Å². The molecule has 0 aliphatic heterocycles. The number of nitrogens with one attached hydrogen (secondary N) is 1. The molecule has 1 unspecified atom stereocenters. The van der Waals surface area contributed by atoms with Crippen LogP contribution >= 0.6 is 0 Å². The van der Waals surface area contributed by atoms with Crippen molar-refractivity contribution < 1.29 is 9.53 Å². The number of hydrogen-bond donors (Lipinski definition) is 3. The number of hydrogen-bond acceptors (Lipinski definition) is 4. The van der Waals surface area contributed by atoms with Crippen molar-refractivity contribution >= 4 is 11.8 Å². The molecule has 0 aromatic heterocycles. The monoisotopic (exact) mass is 263 g/mol. The van der Waals surface area contributed by atoms with Crippen LogP contribution in [0.25, 0.3) is 0 Å². The van der Waals surface area contributed by atoms with Crippen molar-refractivity contribution in [1.29, 1.82) is 5.41 Å². The standard InChI is InChI=1S/C14H21N3O2/c1-3-4-11-5-10(7-13(16)17)6-12(11)9(2)14(18)19-8-15/h3-4,10H,2,5-8,15H2,1H3,(H3,16,17)/b4-3-. The number of rotatable bonds is 6. The quantitative estimate of drug-likeness (QED) is 0.223. The molecule has 0 spiro atoms. The first-order valence-electron chi connectivity index (χ1n) is 6.23. The molecule has 0 aromatic carbocycles. The summed E-state index contributed by atoms with van der Waals surface area (Å²) in [5, 5.41) is 7.36. The predicted octanol–water partition coefficient (Wildman–Crippen LogP) is 1.61. The maximum absolute atomic E-state index is 11.7. The Morgan fingerprint density at radius 3 is 2.79 bits per heavy atom. The molecule has 0 bridgehead atoms. The fourth-order valence-corrected chi connectivity index (χ4v) is 2.35. The van der Waals surface area contributed by atoms with Crippen LogP contribution in [0.1, 0.15) is 26.2 Å². The summed E-state index contributed by atoms with van der Waals surface area (Å²) < 4.78 is 4.77. The number of carbonyl (C=O) groups excluding carboxylic acids is 1. The van der Waals surface area contributed by atoms with Gasteiger partial charge in [0.1, 0.15) is 6.73 Å². The van der Waals surface area contributed by atoms with E-state index in [0.29, 0.717) is 18.4 Å². The largest absolute Gasteiger partial charge is 0.446 e. The van der Waals surface area contributed by atoms with Gasteiger partial charge in [-0.15, -0.1) is 0 Å². The zero-order chi connectivity index (χ0) is 14.4. The number of nitrogens with two attached hydrogens (primary N) is 2. The van der Waals surface area contributed by atoms with Crippen molar-refractivity contribution in [2.24, 2.45) is 17.4 Å². The summed E-state index contributed by atoms with van der Waals surface area (Å²) in [6.45, 7) is 5.56. The number of allylic oxidation sites excluding steroid dienone is 3. The lowest BCUT2D eigenvalue weighted by Gasteiger charge is -2.09. The summed E-state index contributed by atoms with van der Waals surface area (Å²) in [6.07, 6.45) is 5.92. The minimum Gasteiger partial charge on any atom is -0.446 e. The summed E-state index contributed by atoms with van der Waals surface area (Å²) in [7, 11) is 0. The summed E-state index contributed by atoms with van der Waals surface area (Å²) in [5.41, 5.74) is 12.9. The van der Waals surface area contributed by atoms with Gasteiger partial charge >= 0.3 is 5.97 Å². The molecule has 0 heterocycles. The molecule has 1 atom stereocenters.